The molecule has 0 radical (unpaired) electrons. The molecule has 0 bridgehead atoms. The van der Waals surface area contributed by atoms with E-state index in [0.29, 0.717) is 12.8 Å². The zero-order valence-corrected chi connectivity index (χ0v) is 7.78. The van der Waals surface area contributed by atoms with Crippen molar-refractivity contribution in [2.75, 3.05) is 0 Å². The van der Waals surface area contributed by atoms with Gasteiger partial charge in [0.2, 0.25) is 0 Å². The van der Waals surface area contributed by atoms with Gasteiger partial charge in [-0.1, -0.05) is 13.8 Å². The Morgan fingerprint density at radius 3 is 2.46 bits per heavy atom. The number of carbonyl (C=O) groups is 1. The summed E-state index contributed by atoms with van der Waals surface area (Å²) in [4.78, 5) is 21.2. The quantitative estimate of drug-likeness (QED) is 0.377. The molecule has 0 N–H and O–H groups in total. The van der Waals surface area contributed by atoms with Crippen molar-refractivity contribution in [2.24, 2.45) is 0 Å². The molecule has 13 heavy (non-hydrogen) atoms. The summed E-state index contributed by atoms with van der Waals surface area (Å²) in [7, 11) is 0. The van der Waals surface area contributed by atoms with Crippen LogP contribution in [0.1, 0.15) is 33.1 Å². The summed E-state index contributed by atoms with van der Waals surface area (Å²) in [5.74, 6) is -0.453. The smallest absolute Gasteiger partial charge is 0.313 e. The Labute approximate surface area is 76.2 Å². The number of hydrogen-bond donors (Lipinski definition) is 0. The van der Waals surface area contributed by atoms with Crippen LogP contribution in [0.25, 0.3) is 0 Å². The van der Waals surface area contributed by atoms with Gasteiger partial charge in [-0.2, -0.15) is 0 Å². The number of nitrogens with zero attached hydrogens (tertiary/aromatic N) is 1. The van der Waals surface area contributed by atoms with Crippen molar-refractivity contribution in [3.63, 3.8) is 0 Å². The summed E-state index contributed by atoms with van der Waals surface area (Å²) in [6, 6.07) is -0.866. The second-order valence-electron chi connectivity index (χ2n) is 3.25. The Morgan fingerprint density at radius 2 is 2.15 bits per heavy atom. The number of ether oxygens (including phenoxy) is 1. The molecular formula is C8H13NO4. The third-order valence-corrected chi connectivity index (χ3v) is 2.74. The van der Waals surface area contributed by atoms with Crippen molar-refractivity contribution in [1.29, 1.82) is 0 Å². The molecule has 5 nitrogen and oxygen atoms in total. The number of cyclic esters (lactones) is 1. The number of carbonyl (C=O) groups excluding carboxylic acids is 1. The molecule has 1 saturated heterocycles. The van der Waals surface area contributed by atoms with Crippen LogP contribution in [0.2, 0.25) is 0 Å². The van der Waals surface area contributed by atoms with Gasteiger partial charge in [0.1, 0.15) is 6.42 Å². The molecule has 1 aliphatic heterocycles. The Hall–Kier alpha value is -1.13. The molecule has 0 saturated carbocycles. The van der Waals surface area contributed by atoms with E-state index in [1.807, 2.05) is 0 Å². The minimum absolute atomic E-state index is 0.0886. The molecule has 1 fully saturated rings. The Balaban J connectivity index is 2.92. The molecule has 0 amide bonds. The first-order chi connectivity index (χ1) is 6.05. The van der Waals surface area contributed by atoms with Crippen LogP contribution in [0.3, 0.4) is 0 Å². The van der Waals surface area contributed by atoms with Crippen LogP contribution >= 0.6 is 0 Å². The van der Waals surface area contributed by atoms with E-state index < -0.39 is 22.5 Å². The van der Waals surface area contributed by atoms with Gasteiger partial charge in [0.15, 0.2) is 5.60 Å². The highest BCUT2D eigenvalue weighted by Crippen LogP contribution is 2.34. The van der Waals surface area contributed by atoms with E-state index in [-0.39, 0.29) is 6.42 Å². The SMILES string of the molecule is CCC1(CC)OC(=O)CC1[N+](=O)[O-]. The fourth-order valence-electron chi connectivity index (χ4n) is 1.81. The molecule has 5 heteroatoms. The van der Waals surface area contributed by atoms with Crippen molar-refractivity contribution in [2.45, 2.75) is 44.8 Å². The minimum Gasteiger partial charge on any atom is -0.452 e. The summed E-state index contributed by atoms with van der Waals surface area (Å²) in [5, 5.41) is 10.7. The second-order valence-corrected chi connectivity index (χ2v) is 3.25. The van der Waals surface area contributed by atoms with Crippen molar-refractivity contribution < 1.29 is 14.5 Å². The van der Waals surface area contributed by atoms with Gasteiger partial charge in [-0.05, 0) is 12.8 Å². The molecule has 0 aromatic rings. The van der Waals surface area contributed by atoms with Gasteiger partial charge in [0.25, 0.3) is 6.04 Å². The number of hydrogen-bond acceptors (Lipinski definition) is 4. The second kappa shape index (κ2) is 3.32. The predicted octanol–water partition coefficient (Wildman–Crippen LogP) is 1.14. The highest BCUT2D eigenvalue weighted by atomic mass is 16.6. The van der Waals surface area contributed by atoms with Crippen LogP contribution in [0.5, 0.6) is 0 Å². The van der Waals surface area contributed by atoms with Crippen molar-refractivity contribution in [3.8, 4) is 0 Å². The highest BCUT2D eigenvalue weighted by Gasteiger charge is 2.54. The summed E-state index contributed by atoms with van der Waals surface area (Å²) in [6.45, 7) is 3.61. The Kier molecular flexibility index (Phi) is 2.54. The van der Waals surface area contributed by atoms with E-state index in [4.69, 9.17) is 4.74 Å². The van der Waals surface area contributed by atoms with E-state index >= 15 is 0 Å². The molecule has 1 atom stereocenters. The maximum atomic E-state index is 11.0. The summed E-state index contributed by atoms with van der Waals surface area (Å²) in [6.07, 6.45) is 0.913. The molecule has 1 rings (SSSR count). The lowest BCUT2D eigenvalue weighted by molar-refractivity contribution is -0.537. The van der Waals surface area contributed by atoms with Crippen LogP contribution in [-0.2, 0) is 9.53 Å². The number of esters is 1. The van der Waals surface area contributed by atoms with Crippen molar-refractivity contribution in [3.05, 3.63) is 10.1 Å². The van der Waals surface area contributed by atoms with Gasteiger partial charge in [0, 0.05) is 4.92 Å². The molecule has 1 unspecified atom stereocenters. The van der Waals surface area contributed by atoms with Crippen LogP contribution in [0.15, 0.2) is 0 Å². The zero-order valence-electron chi connectivity index (χ0n) is 7.78. The van der Waals surface area contributed by atoms with Gasteiger partial charge in [-0.3, -0.25) is 14.9 Å². The lowest BCUT2D eigenvalue weighted by Gasteiger charge is -2.25. The molecule has 1 heterocycles. The maximum Gasteiger partial charge on any atom is 0.313 e. The van der Waals surface area contributed by atoms with Gasteiger partial charge < -0.3 is 4.74 Å². The van der Waals surface area contributed by atoms with Crippen LogP contribution < -0.4 is 0 Å². The lowest BCUT2D eigenvalue weighted by atomic mass is 9.89. The molecule has 1 aliphatic rings. The monoisotopic (exact) mass is 187 g/mol. The number of nitro groups is 1. The van der Waals surface area contributed by atoms with E-state index in [2.05, 4.69) is 0 Å². The summed E-state index contributed by atoms with van der Waals surface area (Å²) < 4.78 is 5.04. The average Bonchev–Trinajstić information content (AvgIpc) is 2.43. The van der Waals surface area contributed by atoms with E-state index in [1.165, 1.54) is 0 Å². The fourth-order valence-corrected chi connectivity index (χ4v) is 1.81. The number of rotatable bonds is 3. The molecule has 74 valence electrons. The van der Waals surface area contributed by atoms with E-state index in [9.17, 15) is 14.9 Å². The van der Waals surface area contributed by atoms with Gasteiger partial charge in [-0.25, -0.2) is 0 Å². The molecule has 0 aromatic heterocycles. The average molecular weight is 187 g/mol. The fraction of sp³-hybridized carbons (Fsp3) is 0.875. The van der Waals surface area contributed by atoms with Crippen molar-refractivity contribution in [1.82, 2.24) is 0 Å². The maximum absolute atomic E-state index is 11.0. The van der Waals surface area contributed by atoms with Gasteiger partial charge >= 0.3 is 5.97 Å². The van der Waals surface area contributed by atoms with Crippen LogP contribution in [-0.4, -0.2) is 22.5 Å². The van der Waals surface area contributed by atoms with E-state index in [0.717, 1.165) is 0 Å². The predicted molar refractivity (Wildman–Crippen MR) is 44.8 cm³/mol. The zero-order chi connectivity index (χ0) is 10.1. The Morgan fingerprint density at radius 1 is 1.62 bits per heavy atom. The normalized spacial score (nSPS) is 25.7. The van der Waals surface area contributed by atoms with Crippen LogP contribution in [0.4, 0.5) is 0 Å². The third kappa shape index (κ3) is 1.50. The largest absolute Gasteiger partial charge is 0.452 e. The topological polar surface area (TPSA) is 69.4 Å². The first-order valence-electron chi connectivity index (χ1n) is 4.41. The van der Waals surface area contributed by atoms with Gasteiger partial charge in [0.05, 0.1) is 0 Å². The minimum atomic E-state index is -0.866. The lowest BCUT2D eigenvalue weighted by Crippen LogP contribution is -2.42. The van der Waals surface area contributed by atoms with Crippen molar-refractivity contribution >= 4 is 5.97 Å². The first-order valence-corrected chi connectivity index (χ1v) is 4.41. The third-order valence-electron chi connectivity index (χ3n) is 2.74. The highest BCUT2D eigenvalue weighted by molar-refractivity contribution is 5.73. The van der Waals surface area contributed by atoms with Gasteiger partial charge in [-0.15, -0.1) is 0 Å². The Bertz CT molecular complexity index is 234. The van der Waals surface area contributed by atoms with Crippen LogP contribution in [0, 0.1) is 10.1 Å². The standard InChI is InChI=1S/C8H13NO4/c1-3-8(4-2)6(9(11)12)5-7(10)13-8/h6H,3-5H2,1-2H3. The first kappa shape index (κ1) is 9.95. The molecule has 0 aromatic carbocycles. The molecule has 0 spiro atoms. The summed E-state index contributed by atoms with van der Waals surface area (Å²) in [5.41, 5.74) is -0.861. The van der Waals surface area contributed by atoms with E-state index in [1.54, 1.807) is 13.8 Å². The molecule has 0 aliphatic carbocycles. The summed E-state index contributed by atoms with van der Waals surface area (Å²) >= 11 is 0. The molecular weight excluding hydrogens is 174 g/mol.